The molecule has 168 valence electrons. The van der Waals surface area contributed by atoms with Crippen LogP contribution in [0.15, 0.2) is 48.5 Å². The summed E-state index contributed by atoms with van der Waals surface area (Å²) in [6, 6.07) is 15.6. The first kappa shape index (κ1) is 23.6. The summed E-state index contributed by atoms with van der Waals surface area (Å²) in [4.78, 5) is 11.0. The van der Waals surface area contributed by atoms with Crippen molar-refractivity contribution in [2.45, 2.75) is 82.5 Å². The molecule has 3 N–H and O–H groups in total. The van der Waals surface area contributed by atoms with E-state index in [1.807, 2.05) is 42.5 Å². The van der Waals surface area contributed by atoms with Gasteiger partial charge in [-0.15, -0.1) is 0 Å². The number of aliphatic hydroxyl groups is 3. The minimum absolute atomic E-state index is 0.00424. The van der Waals surface area contributed by atoms with Crippen LogP contribution >= 0.6 is 0 Å². The number of unbranched alkanes of at least 4 members (excludes halogenated alkanes) is 2. The molecule has 3 unspecified atom stereocenters. The van der Waals surface area contributed by atoms with Gasteiger partial charge < -0.3 is 15.3 Å². The van der Waals surface area contributed by atoms with E-state index in [1.54, 1.807) is 6.07 Å². The zero-order chi connectivity index (χ0) is 22.2. The van der Waals surface area contributed by atoms with Gasteiger partial charge in [0.2, 0.25) is 0 Å². The van der Waals surface area contributed by atoms with E-state index in [2.05, 4.69) is 6.92 Å². The van der Waals surface area contributed by atoms with Crippen LogP contribution in [0.25, 0.3) is 0 Å². The van der Waals surface area contributed by atoms with Crippen LogP contribution in [0.3, 0.4) is 0 Å². The second-order valence-electron chi connectivity index (χ2n) is 8.99. The predicted octanol–water partition coefficient (Wildman–Crippen LogP) is 4.96. The minimum Gasteiger partial charge on any atom is -0.393 e. The van der Waals surface area contributed by atoms with E-state index in [0.29, 0.717) is 12.0 Å². The number of carbonyl (C=O) groups excluding carboxylic acids is 1. The summed E-state index contributed by atoms with van der Waals surface area (Å²) < 4.78 is 0. The fourth-order valence-electron chi connectivity index (χ4n) is 4.99. The molecule has 0 amide bonds. The Morgan fingerprint density at radius 2 is 1.81 bits per heavy atom. The Bertz CT molecular complexity index is 816. The third kappa shape index (κ3) is 6.25. The van der Waals surface area contributed by atoms with Crippen LogP contribution in [-0.4, -0.2) is 33.8 Å². The molecule has 1 saturated carbocycles. The molecule has 0 heterocycles. The molecule has 0 aliphatic heterocycles. The molecule has 3 rings (SSSR count). The van der Waals surface area contributed by atoms with Crippen LogP contribution < -0.4 is 0 Å². The standard InChI is InChI=1S/C27H36O4/c1-2-3-4-11-24(29)21-12-14-22(15-13-21)27-23(25(30)17-26(27)31)10-6-8-19-7-5-9-20(16-19)18-28/h5,7,9,12-16,18,23-27,29-31H,2-4,6,8,10-11,17H2,1H3/t23-,24?,25?,26+,27?/m0/s1. The average molecular weight is 425 g/mol. The van der Waals surface area contributed by atoms with Gasteiger partial charge in [0.15, 0.2) is 0 Å². The Kier molecular flexibility index (Phi) is 8.82. The van der Waals surface area contributed by atoms with Crippen molar-refractivity contribution in [1.29, 1.82) is 0 Å². The molecule has 0 spiro atoms. The molecule has 2 aromatic rings. The maximum absolute atomic E-state index is 11.0. The largest absolute Gasteiger partial charge is 0.393 e. The quantitative estimate of drug-likeness (QED) is 0.352. The molecule has 1 aliphatic carbocycles. The monoisotopic (exact) mass is 424 g/mol. The molecular weight excluding hydrogens is 388 g/mol. The molecule has 1 fully saturated rings. The SMILES string of the molecule is CCCCCC(O)c1ccc(C2[C@@H](CCCc3cccc(C=O)c3)C(O)C[C@H]2O)cc1. The van der Waals surface area contributed by atoms with Crippen molar-refractivity contribution in [3.8, 4) is 0 Å². The van der Waals surface area contributed by atoms with Gasteiger partial charge in [0.1, 0.15) is 6.29 Å². The van der Waals surface area contributed by atoms with Crippen molar-refractivity contribution in [2.75, 3.05) is 0 Å². The van der Waals surface area contributed by atoms with Crippen molar-refractivity contribution < 1.29 is 20.1 Å². The minimum atomic E-state index is -0.557. The van der Waals surface area contributed by atoms with Gasteiger partial charge in [-0.2, -0.15) is 0 Å². The lowest BCUT2D eigenvalue weighted by Crippen LogP contribution is -2.20. The Balaban J connectivity index is 1.62. The van der Waals surface area contributed by atoms with Crippen molar-refractivity contribution in [1.82, 2.24) is 0 Å². The summed E-state index contributed by atoms with van der Waals surface area (Å²) in [7, 11) is 0. The van der Waals surface area contributed by atoms with Gasteiger partial charge in [0.25, 0.3) is 0 Å². The molecule has 5 atom stereocenters. The maximum Gasteiger partial charge on any atom is 0.150 e. The van der Waals surface area contributed by atoms with E-state index in [1.165, 1.54) is 0 Å². The highest BCUT2D eigenvalue weighted by molar-refractivity contribution is 5.74. The molecule has 1 aliphatic rings. The van der Waals surface area contributed by atoms with Gasteiger partial charge in [-0.05, 0) is 54.4 Å². The zero-order valence-corrected chi connectivity index (χ0v) is 18.5. The predicted molar refractivity (Wildman–Crippen MR) is 123 cm³/mol. The smallest absolute Gasteiger partial charge is 0.150 e. The van der Waals surface area contributed by atoms with Gasteiger partial charge in [0.05, 0.1) is 18.3 Å². The van der Waals surface area contributed by atoms with Crippen LogP contribution in [0.5, 0.6) is 0 Å². The van der Waals surface area contributed by atoms with E-state index in [9.17, 15) is 20.1 Å². The lowest BCUT2D eigenvalue weighted by atomic mass is 9.83. The number of aryl methyl sites for hydroxylation is 1. The lowest BCUT2D eigenvalue weighted by molar-refractivity contribution is 0.112. The normalized spacial score (nSPS) is 24.3. The second kappa shape index (κ2) is 11.6. The van der Waals surface area contributed by atoms with E-state index in [-0.39, 0.29) is 11.8 Å². The van der Waals surface area contributed by atoms with Crippen molar-refractivity contribution >= 4 is 6.29 Å². The molecule has 0 bridgehead atoms. The van der Waals surface area contributed by atoms with Gasteiger partial charge in [-0.25, -0.2) is 0 Å². The number of carbonyl (C=O) groups is 1. The van der Waals surface area contributed by atoms with Gasteiger partial charge in [0, 0.05) is 17.9 Å². The maximum atomic E-state index is 11.0. The summed E-state index contributed by atoms with van der Waals surface area (Å²) in [6.45, 7) is 2.15. The van der Waals surface area contributed by atoms with Gasteiger partial charge >= 0.3 is 0 Å². The van der Waals surface area contributed by atoms with Crippen molar-refractivity contribution in [3.05, 3.63) is 70.8 Å². The molecule has 0 aromatic heterocycles. The molecule has 31 heavy (non-hydrogen) atoms. The van der Waals surface area contributed by atoms with Crippen LogP contribution in [0.1, 0.15) is 90.9 Å². The lowest BCUT2D eigenvalue weighted by Gasteiger charge is -2.24. The molecule has 4 heteroatoms. The van der Waals surface area contributed by atoms with E-state index < -0.39 is 18.3 Å². The van der Waals surface area contributed by atoms with E-state index in [4.69, 9.17) is 0 Å². The highest BCUT2D eigenvalue weighted by atomic mass is 16.3. The van der Waals surface area contributed by atoms with Crippen molar-refractivity contribution in [3.63, 3.8) is 0 Å². The summed E-state index contributed by atoms with van der Waals surface area (Å²) in [5.74, 6) is -0.0906. The summed E-state index contributed by atoms with van der Waals surface area (Å²) in [5.41, 5.74) is 3.75. The molecule has 2 aromatic carbocycles. The Hall–Kier alpha value is -2.01. The first-order chi connectivity index (χ1) is 15.0. The summed E-state index contributed by atoms with van der Waals surface area (Å²) in [6.07, 6.45) is 6.35. The number of aldehydes is 1. The average Bonchev–Trinajstić information content (AvgIpc) is 3.07. The van der Waals surface area contributed by atoms with Crippen LogP contribution in [0.2, 0.25) is 0 Å². The summed E-state index contributed by atoms with van der Waals surface area (Å²) >= 11 is 0. The Morgan fingerprint density at radius 1 is 1.03 bits per heavy atom. The molecule has 0 saturated heterocycles. The topological polar surface area (TPSA) is 77.8 Å². The van der Waals surface area contributed by atoms with Crippen LogP contribution in [-0.2, 0) is 6.42 Å². The zero-order valence-electron chi connectivity index (χ0n) is 18.5. The number of hydrogen-bond donors (Lipinski definition) is 3. The molecule has 0 radical (unpaired) electrons. The Labute approximate surface area is 186 Å². The fraction of sp³-hybridized carbons (Fsp3) is 0.519. The highest BCUT2D eigenvalue weighted by Crippen LogP contribution is 2.43. The molecular formula is C27H36O4. The van der Waals surface area contributed by atoms with Gasteiger partial charge in [-0.3, -0.25) is 4.79 Å². The summed E-state index contributed by atoms with van der Waals surface area (Å²) in [5, 5.41) is 31.6. The van der Waals surface area contributed by atoms with Crippen LogP contribution in [0.4, 0.5) is 0 Å². The van der Waals surface area contributed by atoms with Gasteiger partial charge in [-0.1, -0.05) is 68.7 Å². The number of aliphatic hydroxyl groups excluding tert-OH is 3. The molecule has 4 nitrogen and oxygen atoms in total. The number of hydrogen-bond acceptors (Lipinski definition) is 4. The highest BCUT2D eigenvalue weighted by Gasteiger charge is 2.41. The Morgan fingerprint density at radius 3 is 2.52 bits per heavy atom. The second-order valence-corrected chi connectivity index (χ2v) is 8.99. The third-order valence-corrected chi connectivity index (χ3v) is 6.73. The third-order valence-electron chi connectivity index (χ3n) is 6.73. The fourth-order valence-corrected chi connectivity index (χ4v) is 4.99. The first-order valence-corrected chi connectivity index (χ1v) is 11.7. The van der Waals surface area contributed by atoms with Crippen LogP contribution in [0, 0.1) is 5.92 Å². The number of rotatable bonds is 11. The number of benzene rings is 2. The van der Waals surface area contributed by atoms with E-state index >= 15 is 0 Å². The van der Waals surface area contributed by atoms with Crippen molar-refractivity contribution in [2.24, 2.45) is 5.92 Å². The first-order valence-electron chi connectivity index (χ1n) is 11.7. The van der Waals surface area contributed by atoms with E-state index in [0.717, 1.165) is 67.9 Å².